The smallest absolute Gasteiger partial charge is 0.342 e. The van der Waals surface area contributed by atoms with E-state index >= 15 is 0 Å². The topological polar surface area (TPSA) is 49.7 Å². The van der Waals surface area contributed by atoms with E-state index in [-0.39, 0.29) is 14.0 Å². The number of ether oxygens (including phenoxy) is 1. The summed E-state index contributed by atoms with van der Waals surface area (Å²) in [6, 6.07) is 11.6. The van der Waals surface area contributed by atoms with Gasteiger partial charge in [0.25, 0.3) is 0 Å². The first-order chi connectivity index (χ1) is 15.0. The first kappa shape index (κ1) is 24.8. The quantitative estimate of drug-likeness (QED) is 0.199. The highest BCUT2D eigenvalue weighted by Crippen LogP contribution is 2.33. The molecular formula is C27H31NO4. The van der Waals surface area contributed by atoms with Crippen LogP contribution in [-0.2, 0) is 9.62 Å². The normalized spacial score (nSPS) is 10.0. The van der Waals surface area contributed by atoms with Crippen molar-refractivity contribution in [2.24, 2.45) is 0 Å². The molecule has 1 heterocycles. The summed E-state index contributed by atoms with van der Waals surface area (Å²) in [5.74, 6) is 6.30. The summed E-state index contributed by atoms with van der Waals surface area (Å²) in [4.78, 5) is 22.3. The summed E-state index contributed by atoms with van der Waals surface area (Å²) in [6.07, 6.45) is 4.84. The van der Waals surface area contributed by atoms with Crippen molar-refractivity contribution in [3.05, 3.63) is 71.0 Å². The van der Waals surface area contributed by atoms with Gasteiger partial charge in [0.1, 0.15) is 5.56 Å². The molecule has 168 valence electrons. The average Bonchev–Trinajstić information content (AvgIpc) is 3.16. The third-order valence-electron chi connectivity index (χ3n) is 4.91. The van der Waals surface area contributed by atoms with Gasteiger partial charge < -0.3 is 14.2 Å². The minimum absolute atomic E-state index is 0. The maximum atomic E-state index is 12.2. The Hall–Kier alpha value is -3.49. The standard InChI is InChI=1S/C26H27NO4.CH4/c1-6-8-12-20-16-27(17-23(20)25-18(3)10-9-11-19(25)4)21-13-14-22(26(28)30-7-2)24(15-21)31-29-5;/h9-11,13-17H,6-7H2,1-5H3;1H4. The molecule has 2 aromatic carbocycles. The van der Waals surface area contributed by atoms with E-state index in [1.807, 2.05) is 23.8 Å². The Labute approximate surface area is 190 Å². The number of nitrogens with zero attached hydrogens (tertiary/aromatic N) is 1. The van der Waals surface area contributed by atoms with Gasteiger partial charge in [0.05, 0.1) is 19.3 Å². The third kappa shape index (κ3) is 5.22. The van der Waals surface area contributed by atoms with Crippen LogP contribution in [0.4, 0.5) is 0 Å². The van der Waals surface area contributed by atoms with Gasteiger partial charge in [0.15, 0.2) is 5.75 Å². The van der Waals surface area contributed by atoms with Crippen molar-refractivity contribution in [3.63, 3.8) is 0 Å². The number of hydrogen-bond donors (Lipinski definition) is 0. The maximum Gasteiger partial charge on any atom is 0.342 e. The predicted molar refractivity (Wildman–Crippen MR) is 128 cm³/mol. The molecule has 1 aromatic heterocycles. The summed E-state index contributed by atoms with van der Waals surface area (Å²) in [5, 5.41) is 0. The highest BCUT2D eigenvalue weighted by molar-refractivity contribution is 5.93. The number of carbonyl (C=O) groups is 1. The van der Waals surface area contributed by atoms with Crippen molar-refractivity contribution in [1.82, 2.24) is 4.57 Å². The van der Waals surface area contributed by atoms with Crippen LogP contribution in [0.5, 0.6) is 5.75 Å². The fourth-order valence-electron chi connectivity index (χ4n) is 3.53. The number of aromatic nitrogens is 1. The molecule has 0 aliphatic carbocycles. The molecule has 32 heavy (non-hydrogen) atoms. The van der Waals surface area contributed by atoms with Gasteiger partial charge in [-0.1, -0.05) is 44.4 Å². The lowest BCUT2D eigenvalue weighted by Crippen LogP contribution is -2.08. The van der Waals surface area contributed by atoms with Gasteiger partial charge in [-0.15, -0.1) is 0 Å². The lowest BCUT2D eigenvalue weighted by Gasteiger charge is -2.11. The Balaban J connectivity index is 0.00000363. The molecule has 0 fully saturated rings. The summed E-state index contributed by atoms with van der Waals surface area (Å²) in [5.41, 5.74) is 6.70. The van der Waals surface area contributed by atoms with Crippen LogP contribution in [0.1, 0.15) is 54.7 Å². The number of carbonyl (C=O) groups excluding carboxylic acids is 1. The fraction of sp³-hybridized carbons (Fsp3) is 0.296. The predicted octanol–water partition coefficient (Wildman–Crippen LogP) is 6.28. The molecule has 3 rings (SSSR count). The molecule has 0 aliphatic rings. The van der Waals surface area contributed by atoms with Gasteiger partial charge in [-0.3, -0.25) is 0 Å². The van der Waals surface area contributed by atoms with Gasteiger partial charge in [-0.05, 0) is 49.6 Å². The van der Waals surface area contributed by atoms with E-state index in [0.29, 0.717) is 11.3 Å². The van der Waals surface area contributed by atoms with E-state index in [1.165, 1.54) is 23.8 Å². The van der Waals surface area contributed by atoms with Gasteiger partial charge in [-0.2, -0.15) is 4.89 Å². The molecule has 0 atom stereocenters. The van der Waals surface area contributed by atoms with E-state index in [1.54, 1.807) is 19.1 Å². The van der Waals surface area contributed by atoms with Crippen molar-refractivity contribution in [2.75, 3.05) is 13.7 Å². The monoisotopic (exact) mass is 433 g/mol. The summed E-state index contributed by atoms with van der Waals surface area (Å²) in [7, 11) is 1.40. The van der Waals surface area contributed by atoms with E-state index < -0.39 is 5.97 Å². The second-order valence-electron chi connectivity index (χ2n) is 7.07. The van der Waals surface area contributed by atoms with Crippen LogP contribution in [0.2, 0.25) is 0 Å². The van der Waals surface area contributed by atoms with Gasteiger partial charge in [0.2, 0.25) is 0 Å². The van der Waals surface area contributed by atoms with E-state index in [4.69, 9.17) is 14.5 Å². The van der Waals surface area contributed by atoms with Gasteiger partial charge in [-0.25, -0.2) is 4.79 Å². The van der Waals surface area contributed by atoms with Crippen LogP contribution in [0.25, 0.3) is 16.8 Å². The molecule has 0 N–H and O–H groups in total. The zero-order chi connectivity index (χ0) is 22.4. The Morgan fingerprint density at radius 2 is 1.78 bits per heavy atom. The highest BCUT2D eigenvalue weighted by Gasteiger charge is 2.18. The van der Waals surface area contributed by atoms with Crippen molar-refractivity contribution < 1.29 is 19.3 Å². The molecule has 0 aliphatic heterocycles. The molecule has 0 spiro atoms. The largest absolute Gasteiger partial charge is 0.462 e. The molecule has 0 bridgehead atoms. The number of hydrogen-bond acceptors (Lipinski definition) is 4. The van der Waals surface area contributed by atoms with Crippen LogP contribution < -0.4 is 4.89 Å². The summed E-state index contributed by atoms with van der Waals surface area (Å²) in [6.45, 7) is 8.29. The Morgan fingerprint density at radius 1 is 1.06 bits per heavy atom. The molecule has 0 unspecified atom stereocenters. The second kappa shape index (κ2) is 11.2. The van der Waals surface area contributed by atoms with Crippen LogP contribution in [0.3, 0.4) is 0 Å². The SMILES string of the molecule is C.CCC#Cc1cn(-c2ccc(C(=O)OCC)c(OOC)c2)cc1-c1c(C)cccc1C. The number of rotatable bonds is 6. The van der Waals surface area contributed by atoms with Crippen molar-refractivity contribution in [3.8, 4) is 34.4 Å². The molecule has 0 radical (unpaired) electrons. The minimum Gasteiger partial charge on any atom is -0.462 e. The number of esters is 1. The van der Waals surface area contributed by atoms with E-state index in [2.05, 4.69) is 50.1 Å². The number of aryl methyl sites for hydroxylation is 2. The zero-order valence-electron chi connectivity index (χ0n) is 18.6. The maximum absolute atomic E-state index is 12.2. The van der Waals surface area contributed by atoms with Crippen LogP contribution >= 0.6 is 0 Å². The second-order valence-corrected chi connectivity index (χ2v) is 7.07. The molecular weight excluding hydrogens is 402 g/mol. The Kier molecular flexibility index (Phi) is 8.69. The third-order valence-corrected chi connectivity index (χ3v) is 4.91. The zero-order valence-corrected chi connectivity index (χ0v) is 18.6. The van der Waals surface area contributed by atoms with Gasteiger partial charge in [0, 0.05) is 36.1 Å². The van der Waals surface area contributed by atoms with Gasteiger partial charge >= 0.3 is 5.97 Å². The summed E-state index contributed by atoms with van der Waals surface area (Å²) < 4.78 is 7.10. The Morgan fingerprint density at radius 3 is 2.41 bits per heavy atom. The first-order valence-electron chi connectivity index (χ1n) is 10.3. The molecule has 0 saturated carbocycles. The van der Waals surface area contributed by atoms with E-state index in [0.717, 1.165) is 23.2 Å². The van der Waals surface area contributed by atoms with Crippen LogP contribution in [0, 0.1) is 25.7 Å². The lowest BCUT2D eigenvalue weighted by atomic mass is 9.95. The van der Waals surface area contributed by atoms with Crippen molar-refractivity contribution in [1.29, 1.82) is 0 Å². The van der Waals surface area contributed by atoms with Crippen molar-refractivity contribution in [2.45, 2.75) is 41.5 Å². The molecule has 5 heteroatoms. The Bertz CT molecular complexity index is 1130. The van der Waals surface area contributed by atoms with Crippen LogP contribution in [0.15, 0.2) is 48.8 Å². The minimum atomic E-state index is -0.459. The fourth-order valence-corrected chi connectivity index (χ4v) is 3.53. The van der Waals surface area contributed by atoms with Crippen LogP contribution in [-0.4, -0.2) is 24.3 Å². The molecule has 0 saturated heterocycles. The van der Waals surface area contributed by atoms with Crippen molar-refractivity contribution >= 4 is 5.97 Å². The lowest BCUT2D eigenvalue weighted by molar-refractivity contribution is -0.178. The van der Waals surface area contributed by atoms with E-state index in [9.17, 15) is 4.79 Å². The molecule has 0 amide bonds. The molecule has 5 nitrogen and oxygen atoms in total. The average molecular weight is 434 g/mol. The summed E-state index contributed by atoms with van der Waals surface area (Å²) >= 11 is 0. The molecule has 3 aromatic rings. The highest BCUT2D eigenvalue weighted by atomic mass is 17.2. The first-order valence-corrected chi connectivity index (χ1v) is 10.3. The number of benzene rings is 2.